The van der Waals surface area contributed by atoms with Crippen LogP contribution in [0.2, 0.25) is 0 Å². The second kappa shape index (κ2) is 6.39. The van der Waals surface area contributed by atoms with Gasteiger partial charge in [0.25, 0.3) is 0 Å². The van der Waals surface area contributed by atoms with Crippen molar-refractivity contribution in [3.8, 4) is 22.8 Å². The number of fused-ring (bicyclic) bond motifs is 1. The third kappa shape index (κ3) is 2.89. The van der Waals surface area contributed by atoms with Crippen LogP contribution >= 0.6 is 0 Å². The summed E-state index contributed by atoms with van der Waals surface area (Å²) in [6.07, 6.45) is 4.19. The molecular formula is C21H19N5O. The van der Waals surface area contributed by atoms with Crippen LogP contribution < -0.4 is 10.6 Å². The maximum absolute atomic E-state index is 6.07. The minimum atomic E-state index is 0.306. The Hall–Kier alpha value is -3.41. The summed E-state index contributed by atoms with van der Waals surface area (Å²) < 4.78 is 5.83. The molecule has 1 aliphatic rings. The maximum Gasteiger partial charge on any atom is 0.250 e. The number of aromatic nitrogens is 3. The van der Waals surface area contributed by atoms with Gasteiger partial charge in [-0.2, -0.15) is 0 Å². The zero-order valence-electron chi connectivity index (χ0n) is 14.8. The highest BCUT2D eigenvalue weighted by molar-refractivity contribution is 5.78. The van der Waals surface area contributed by atoms with Crippen molar-refractivity contribution in [2.45, 2.75) is 12.8 Å². The van der Waals surface area contributed by atoms with Gasteiger partial charge in [0.1, 0.15) is 5.52 Å². The Morgan fingerprint density at radius 3 is 2.67 bits per heavy atom. The average Bonchev–Trinajstić information content (AvgIpc) is 3.38. The summed E-state index contributed by atoms with van der Waals surface area (Å²) in [6, 6.07) is 16.0. The van der Waals surface area contributed by atoms with E-state index in [0.29, 0.717) is 23.0 Å². The van der Waals surface area contributed by atoms with E-state index in [4.69, 9.17) is 15.1 Å². The highest BCUT2D eigenvalue weighted by Crippen LogP contribution is 2.30. The van der Waals surface area contributed by atoms with Gasteiger partial charge in [0.15, 0.2) is 17.1 Å². The number of benzene rings is 2. The normalized spacial score (nSPS) is 14.1. The molecule has 0 amide bonds. The zero-order chi connectivity index (χ0) is 18.2. The van der Waals surface area contributed by atoms with Crippen molar-refractivity contribution < 1.29 is 4.42 Å². The van der Waals surface area contributed by atoms with Crippen LogP contribution in [0.1, 0.15) is 12.8 Å². The molecule has 27 heavy (non-hydrogen) atoms. The SMILES string of the molecule is Nc1ncc(-c2cccc(N3CCCC3)c2)nc1-c1nc2ccccc2o1. The Morgan fingerprint density at radius 1 is 0.963 bits per heavy atom. The molecule has 0 spiro atoms. The Morgan fingerprint density at radius 2 is 1.81 bits per heavy atom. The van der Waals surface area contributed by atoms with Crippen molar-refractivity contribution in [3.63, 3.8) is 0 Å². The molecule has 2 N–H and O–H groups in total. The first-order valence-electron chi connectivity index (χ1n) is 9.12. The zero-order valence-corrected chi connectivity index (χ0v) is 14.8. The van der Waals surface area contributed by atoms with Crippen LogP contribution in [0, 0.1) is 0 Å². The molecule has 5 rings (SSSR count). The quantitative estimate of drug-likeness (QED) is 0.594. The van der Waals surface area contributed by atoms with Gasteiger partial charge in [-0.15, -0.1) is 0 Å². The van der Waals surface area contributed by atoms with Gasteiger partial charge in [0.2, 0.25) is 5.89 Å². The van der Waals surface area contributed by atoms with Crippen LogP contribution in [0.4, 0.5) is 11.5 Å². The molecule has 4 aromatic rings. The third-order valence-corrected chi connectivity index (χ3v) is 4.91. The van der Waals surface area contributed by atoms with E-state index >= 15 is 0 Å². The number of anilines is 2. The van der Waals surface area contributed by atoms with E-state index in [2.05, 4.69) is 33.1 Å². The predicted octanol–water partition coefficient (Wildman–Crippen LogP) is 4.13. The van der Waals surface area contributed by atoms with Crippen molar-refractivity contribution in [2.24, 2.45) is 0 Å². The van der Waals surface area contributed by atoms with Gasteiger partial charge in [-0.25, -0.2) is 15.0 Å². The van der Waals surface area contributed by atoms with Crippen molar-refractivity contribution in [1.29, 1.82) is 0 Å². The number of hydrogen-bond acceptors (Lipinski definition) is 6. The number of rotatable bonds is 3. The number of hydrogen-bond donors (Lipinski definition) is 1. The van der Waals surface area contributed by atoms with Crippen LogP contribution in [0.3, 0.4) is 0 Å². The molecule has 1 saturated heterocycles. The second-order valence-electron chi connectivity index (χ2n) is 6.72. The van der Waals surface area contributed by atoms with Crippen molar-refractivity contribution in [2.75, 3.05) is 23.7 Å². The number of para-hydroxylation sites is 2. The molecule has 0 atom stereocenters. The van der Waals surface area contributed by atoms with Crippen LogP contribution in [-0.4, -0.2) is 28.0 Å². The first-order chi connectivity index (χ1) is 13.3. The van der Waals surface area contributed by atoms with Gasteiger partial charge in [-0.05, 0) is 37.1 Å². The molecule has 1 fully saturated rings. The smallest absolute Gasteiger partial charge is 0.250 e. The van der Waals surface area contributed by atoms with E-state index in [0.717, 1.165) is 29.9 Å². The first kappa shape index (κ1) is 15.8. The fourth-order valence-corrected chi connectivity index (χ4v) is 3.51. The van der Waals surface area contributed by atoms with Gasteiger partial charge in [0.05, 0.1) is 11.9 Å². The standard InChI is InChI=1S/C21H19N5O/c22-20-19(21-25-16-8-1-2-9-18(16)27-21)24-17(13-23-20)14-6-5-7-15(12-14)26-10-3-4-11-26/h1-2,5-9,12-13H,3-4,10-11H2,(H2,22,23). The molecular weight excluding hydrogens is 338 g/mol. The van der Waals surface area contributed by atoms with Gasteiger partial charge in [-0.3, -0.25) is 0 Å². The third-order valence-electron chi connectivity index (χ3n) is 4.91. The van der Waals surface area contributed by atoms with Crippen molar-refractivity contribution in [1.82, 2.24) is 15.0 Å². The topological polar surface area (TPSA) is 81.1 Å². The lowest BCUT2D eigenvalue weighted by molar-refractivity contribution is 0.617. The van der Waals surface area contributed by atoms with E-state index in [1.165, 1.54) is 18.5 Å². The minimum Gasteiger partial charge on any atom is -0.435 e. The molecule has 1 aliphatic heterocycles. The van der Waals surface area contributed by atoms with Crippen LogP contribution in [0.5, 0.6) is 0 Å². The number of nitrogen functional groups attached to an aromatic ring is 1. The summed E-state index contributed by atoms with van der Waals surface area (Å²) in [7, 11) is 0. The lowest BCUT2D eigenvalue weighted by atomic mass is 10.1. The summed E-state index contributed by atoms with van der Waals surface area (Å²) >= 11 is 0. The second-order valence-corrected chi connectivity index (χ2v) is 6.72. The lowest BCUT2D eigenvalue weighted by Gasteiger charge is -2.18. The molecule has 6 heteroatoms. The largest absolute Gasteiger partial charge is 0.435 e. The van der Waals surface area contributed by atoms with E-state index in [1.54, 1.807) is 6.20 Å². The Bertz CT molecular complexity index is 1080. The molecule has 0 aliphatic carbocycles. The summed E-state index contributed by atoms with van der Waals surface area (Å²) in [4.78, 5) is 15.9. The van der Waals surface area contributed by atoms with E-state index in [1.807, 2.05) is 30.3 Å². The maximum atomic E-state index is 6.07. The average molecular weight is 357 g/mol. The Labute approximate surface area is 156 Å². The summed E-state index contributed by atoms with van der Waals surface area (Å²) in [5, 5.41) is 0. The van der Waals surface area contributed by atoms with E-state index in [9.17, 15) is 0 Å². The van der Waals surface area contributed by atoms with Crippen LogP contribution in [0.25, 0.3) is 33.9 Å². The number of oxazole rings is 1. The van der Waals surface area contributed by atoms with Crippen molar-refractivity contribution in [3.05, 3.63) is 54.7 Å². The van der Waals surface area contributed by atoms with Gasteiger partial charge in [-0.1, -0.05) is 24.3 Å². The minimum absolute atomic E-state index is 0.306. The summed E-state index contributed by atoms with van der Waals surface area (Å²) in [6.45, 7) is 2.20. The summed E-state index contributed by atoms with van der Waals surface area (Å²) in [5.41, 5.74) is 11.0. The molecule has 3 heterocycles. The van der Waals surface area contributed by atoms with Crippen LogP contribution in [0.15, 0.2) is 59.1 Å². The highest BCUT2D eigenvalue weighted by Gasteiger charge is 2.17. The molecule has 6 nitrogen and oxygen atoms in total. The van der Waals surface area contributed by atoms with Gasteiger partial charge in [0, 0.05) is 24.3 Å². The molecule has 134 valence electrons. The summed E-state index contributed by atoms with van der Waals surface area (Å²) in [5.74, 6) is 0.694. The predicted molar refractivity (Wildman–Crippen MR) is 106 cm³/mol. The molecule has 0 saturated carbocycles. The first-order valence-corrected chi connectivity index (χ1v) is 9.12. The van der Waals surface area contributed by atoms with Gasteiger partial charge < -0.3 is 15.1 Å². The fourth-order valence-electron chi connectivity index (χ4n) is 3.51. The monoisotopic (exact) mass is 357 g/mol. The number of nitrogens with two attached hydrogens (primary N) is 1. The van der Waals surface area contributed by atoms with E-state index < -0.39 is 0 Å². The Balaban J connectivity index is 1.56. The lowest BCUT2D eigenvalue weighted by Crippen LogP contribution is -2.17. The molecule has 2 aromatic heterocycles. The molecule has 0 bridgehead atoms. The number of nitrogens with zero attached hydrogens (tertiary/aromatic N) is 4. The van der Waals surface area contributed by atoms with Crippen LogP contribution in [-0.2, 0) is 0 Å². The Kier molecular flexibility index (Phi) is 3.74. The molecule has 0 radical (unpaired) electrons. The molecule has 2 aromatic carbocycles. The molecule has 0 unspecified atom stereocenters. The van der Waals surface area contributed by atoms with Crippen molar-refractivity contribution >= 4 is 22.6 Å². The van der Waals surface area contributed by atoms with E-state index in [-0.39, 0.29) is 0 Å². The van der Waals surface area contributed by atoms with Gasteiger partial charge >= 0.3 is 0 Å². The fraction of sp³-hybridized carbons (Fsp3) is 0.190. The highest BCUT2D eigenvalue weighted by atomic mass is 16.3.